The average Bonchev–Trinajstić information content (AvgIpc) is 2.66. The van der Waals surface area contributed by atoms with Crippen molar-refractivity contribution < 1.29 is 4.74 Å². The van der Waals surface area contributed by atoms with Crippen LogP contribution in [0.2, 0.25) is 0 Å². The zero-order valence-corrected chi connectivity index (χ0v) is 9.83. The number of ether oxygens (including phenoxy) is 1. The fourth-order valence-corrected chi connectivity index (χ4v) is 1.52. The van der Waals surface area contributed by atoms with E-state index < -0.39 is 0 Å². The van der Waals surface area contributed by atoms with Crippen molar-refractivity contribution in [3.05, 3.63) is 24.0 Å². The summed E-state index contributed by atoms with van der Waals surface area (Å²) >= 11 is 0. The average molecular weight is 210 g/mol. The molecule has 0 amide bonds. The Kier molecular flexibility index (Phi) is 6.12. The molecule has 86 valence electrons. The molecule has 0 spiro atoms. The highest BCUT2D eigenvalue weighted by Gasteiger charge is 1.98. The molecule has 0 saturated heterocycles. The topological polar surface area (TPSA) is 26.2 Å². The maximum atomic E-state index is 5.54. The van der Waals surface area contributed by atoms with Gasteiger partial charge in [0.15, 0.2) is 0 Å². The molecule has 0 saturated carbocycles. The van der Waals surface area contributed by atoms with Crippen LogP contribution in [-0.2, 0) is 17.8 Å². The van der Waals surface area contributed by atoms with Crippen LogP contribution in [0.15, 0.2) is 18.3 Å². The lowest BCUT2D eigenvalue weighted by Crippen LogP contribution is -2.13. The standard InChI is InChI=1S/C12H22N2O/c1-3-4-9-15-10-8-14-7-5-6-12(14)11-13-2/h5-7,13H,3-4,8-11H2,1-2H3. The summed E-state index contributed by atoms with van der Waals surface area (Å²) in [4.78, 5) is 0. The number of hydrogen-bond donors (Lipinski definition) is 1. The number of nitrogens with one attached hydrogen (secondary N) is 1. The van der Waals surface area contributed by atoms with Gasteiger partial charge in [0.05, 0.1) is 6.61 Å². The molecule has 0 aliphatic rings. The minimum absolute atomic E-state index is 0.811. The van der Waals surface area contributed by atoms with E-state index in [4.69, 9.17) is 4.74 Å². The Hall–Kier alpha value is -0.800. The van der Waals surface area contributed by atoms with Gasteiger partial charge in [-0.3, -0.25) is 0 Å². The Morgan fingerprint density at radius 2 is 2.27 bits per heavy atom. The van der Waals surface area contributed by atoms with Gasteiger partial charge in [-0.25, -0.2) is 0 Å². The van der Waals surface area contributed by atoms with E-state index in [1.165, 1.54) is 12.1 Å². The van der Waals surface area contributed by atoms with E-state index in [1.54, 1.807) is 0 Å². The lowest BCUT2D eigenvalue weighted by atomic mass is 10.4. The van der Waals surface area contributed by atoms with E-state index >= 15 is 0 Å². The zero-order chi connectivity index (χ0) is 10.9. The monoisotopic (exact) mass is 210 g/mol. The van der Waals surface area contributed by atoms with Gasteiger partial charge in [0.2, 0.25) is 0 Å². The van der Waals surface area contributed by atoms with E-state index in [2.05, 4.69) is 35.1 Å². The quantitative estimate of drug-likeness (QED) is 0.664. The third-order valence-electron chi connectivity index (χ3n) is 2.40. The summed E-state index contributed by atoms with van der Waals surface area (Å²) in [5.74, 6) is 0. The molecule has 0 radical (unpaired) electrons. The van der Waals surface area contributed by atoms with Crippen LogP contribution in [0.1, 0.15) is 25.5 Å². The Balaban J connectivity index is 2.21. The van der Waals surface area contributed by atoms with Crippen LogP contribution in [0.4, 0.5) is 0 Å². The smallest absolute Gasteiger partial charge is 0.0645 e. The third-order valence-corrected chi connectivity index (χ3v) is 2.40. The molecule has 1 aromatic heterocycles. The SMILES string of the molecule is CCCCOCCn1cccc1CNC. The maximum Gasteiger partial charge on any atom is 0.0645 e. The van der Waals surface area contributed by atoms with Crippen LogP contribution in [0, 0.1) is 0 Å². The predicted octanol–water partition coefficient (Wildman–Crippen LogP) is 2.02. The molecule has 0 aromatic carbocycles. The highest BCUT2D eigenvalue weighted by Crippen LogP contribution is 2.01. The maximum absolute atomic E-state index is 5.54. The number of hydrogen-bond acceptors (Lipinski definition) is 2. The summed E-state index contributed by atoms with van der Waals surface area (Å²) in [5.41, 5.74) is 1.32. The first-order valence-electron chi connectivity index (χ1n) is 5.74. The normalized spacial score (nSPS) is 10.8. The van der Waals surface area contributed by atoms with Crippen LogP contribution in [0.25, 0.3) is 0 Å². The highest BCUT2D eigenvalue weighted by molar-refractivity contribution is 5.06. The van der Waals surface area contributed by atoms with Crippen molar-refractivity contribution in [3.8, 4) is 0 Å². The molecular weight excluding hydrogens is 188 g/mol. The molecular formula is C12H22N2O. The van der Waals surface area contributed by atoms with Gasteiger partial charge in [0.1, 0.15) is 0 Å². The van der Waals surface area contributed by atoms with Crippen molar-refractivity contribution in [1.29, 1.82) is 0 Å². The van der Waals surface area contributed by atoms with Crippen molar-refractivity contribution in [1.82, 2.24) is 9.88 Å². The van der Waals surface area contributed by atoms with Gasteiger partial charge < -0.3 is 14.6 Å². The number of nitrogens with zero attached hydrogens (tertiary/aromatic N) is 1. The van der Waals surface area contributed by atoms with Gasteiger partial charge in [-0.15, -0.1) is 0 Å². The van der Waals surface area contributed by atoms with Crippen molar-refractivity contribution in [2.24, 2.45) is 0 Å². The van der Waals surface area contributed by atoms with Gasteiger partial charge in [0, 0.05) is 31.6 Å². The first kappa shape index (κ1) is 12.3. The molecule has 0 fully saturated rings. The highest BCUT2D eigenvalue weighted by atomic mass is 16.5. The molecule has 15 heavy (non-hydrogen) atoms. The van der Waals surface area contributed by atoms with Crippen molar-refractivity contribution in [2.75, 3.05) is 20.3 Å². The minimum atomic E-state index is 0.811. The first-order chi connectivity index (χ1) is 7.38. The zero-order valence-electron chi connectivity index (χ0n) is 9.83. The van der Waals surface area contributed by atoms with E-state index in [0.717, 1.165) is 32.7 Å². The Labute approximate surface area is 92.4 Å². The number of aromatic nitrogens is 1. The summed E-state index contributed by atoms with van der Waals surface area (Å²) in [6, 6.07) is 4.22. The lowest BCUT2D eigenvalue weighted by molar-refractivity contribution is 0.123. The molecule has 0 aliphatic carbocycles. The predicted molar refractivity (Wildman–Crippen MR) is 62.9 cm³/mol. The molecule has 0 bridgehead atoms. The van der Waals surface area contributed by atoms with Crippen LogP contribution in [0.5, 0.6) is 0 Å². The fraction of sp³-hybridized carbons (Fsp3) is 0.667. The van der Waals surface area contributed by atoms with E-state index in [-0.39, 0.29) is 0 Å². The second kappa shape index (κ2) is 7.49. The summed E-state index contributed by atoms with van der Waals surface area (Å²) < 4.78 is 7.78. The summed E-state index contributed by atoms with van der Waals surface area (Å²) in [6.45, 7) is 5.75. The fourth-order valence-electron chi connectivity index (χ4n) is 1.52. The number of rotatable bonds is 8. The van der Waals surface area contributed by atoms with E-state index in [9.17, 15) is 0 Å². The lowest BCUT2D eigenvalue weighted by Gasteiger charge is -2.09. The Morgan fingerprint density at radius 3 is 3.00 bits per heavy atom. The van der Waals surface area contributed by atoms with Gasteiger partial charge in [-0.1, -0.05) is 13.3 Å². The number of unbranched alkanes of at least 4 members (excludes halogenated alkanes) is 1. The largest absolute Gasteiger partial charge is 0.380 e. The van der Waals surface area contributed by atoms with Crippen LogP contribution >= 0.6 is 0 Å². The van der Waals surface area contributed by atoms with Gasteiger partial charge in [0.25, 0.3) is 0 Å². The van der Waals surface area contributed by atoms with Gasteiger partial charge in [-0.2, -0.15) is 0 Å². The van der Waals surface area contributed by atoms with Gasteiger partial charge in [-0.05, 0) is 25.6 Å². The molecule has 1 aromatic rings. The molecule has 1 heterocycles. The molecule has 1 rings (SSSR count). The Bertz CT molecular complexity index is 258. The molecule has 1 N–H and O–H groups in total. The third kappa shape index (κ3) is 4.49. The van der Waals surface area contributed by atoms with E-state index in [1.807, 2.05) is 7.05 Å². The first-order valence-corrected chi connectivity index (χ1v) is 5.74. The molecule has 0 aliphatic heterocycles. The second-order valence-electron chi connectivity index (χ2n) is 3.69. The summed E-state index contributed by atoms with van der Waals surface area (Å²) in [7, 11) is 1.97. The van der Waals surface area contributed by atoms with E-state index in [0.29, 0.717) is 0 Å². The molecule has 0 unspecified atom stereocenters. The second-order valence-corrected chi connectivity index (χ2v) is 3.69. The van der Waals surface area contributed by atoms with Crippen molar-refractivity contribution in [3.63, 3.8) is 0 Å². The summed E-state index contributed by atoms with van der Waals surface area (Å²) in [6.07, 6.45) is 4.47. The van der Waals surface area contributed by atoms with Crippen molar-refractivity contribution in [2.45, 2.75) is 32.9 Å². The van der Waals surface area contributed by atoms with Crippen molar-refractivity contribution >= 4 is 0 Å². The van der Waals surface area contributed by atoms with Crippen LogP contribution in [-0.4, -0.2) is 24.8 Å². The Morgan fingerprint density at radius 1 is 1.40 bits per heavy atom. The molecule has 3 nitrogen and oxygen atoms in total. The minimum Gasteiger partial charge on any atom is -0.380 e. The molecule has 3 heteroatoms. The van der Waals surface area contributed by atoms with Crippen LogP contribution < -0.4 is 5.32 Å². The van der Waals surface area contributed by atoms with Crippen LogP contribution in [0.3, 0.4) is 0 Å². The van der Waals surface area contributed by atoms with Gasteiger partial charge >= 0.3 is 0 Å². The summed E-state index contributed by atoms with van der Waals surface area (Å²) in [5, 5.41) is 3.16. The molecule has 0 atom stereocenters.